The number of nitrogen functional groups attached to an aromatic ring is 1. The highest BCUT2D eigenvalue weighted by atomic mass is 16.6. The molecule has 0 spiro atoms. The van der Waals surface area contributed by atoms with Gasteiger partial charge in [0.1, 0.15) is 0 Å². The Hall–Kier alpha value is -1.70. The third-order valence-corrected chi connectivity index (χ3v) is 1.29. The van der Waals surface area contributed by atoms with Crippen molar-refractivity contribution in [3.05, 3.63) is 10.1 Å². The number of rotatable bonds is 3. The van der Waals surface area contributed by atoms with Gasteiger partial charge in [0.15, 0.2) is 0 Å². The van der Waals surface area contributed by atoms with Crippen LogP contribution in [0.5, 0.6) is 0 Å². The molecule has 1 atom stereocenters. The first-order chi connectivity index (χ1) is 6.00. The molecule has 0 fully saturated rings. The summed E-state index contributed by atoms with van der Waals surface area (Å²) >= 11 is 0. The maximum absolute atomic E-state index is 10.2. The average molecular weight is 187 g/mol. The van der Waals surface area contributed by atoms with Gasteiger partial charge in [0, 0.05) is 5.10 Å². The second-order valence-corrected chi connectivity index (χ2v) is 2.56. The number of aliphatic hydroxyl groups is 1. The average Bonchev–Trinajstić information content (AvgIpc) is 2.31. The van der Waals surface area contributed by atoms with Crippen LogP contribution in [0.3, 0.4) is 0 Å². The van der Waals surface area contributed by atoms with Crippen molar-refractivity contribution >= 4 is 11.9 Å². The Morgan fingerprint density at radius 3 is 2.85 bits per heavy atom. The molecular weight excluding hydrogens is 178 g/mol. The highest BCUT2D eigenvalue weighted by molar-refractivity contribution is 5.21. The van der Waals surface area contributed by atoms with Crippen LogP contribution in [0.4, 0.5) is 11.9 Å². The third kappa shape index (κ3) is 2.12. The summed E-state index contributed by atoms with van der Waals surface area (Å²) in [7, 11) is 0. The predicted molar refractivity (Wildman–Crippen MR) is 42.8 cm³/mol. The molecule has 0 saturated heterocycles. The van der Waals surface area contributed by atoms with E-state index in [2.05, 4.69) is 10.1 Å². The van der Waals surface area contributed by atoms with Crippen LogP contribution in [0, 0.1) is 10.1 Å². The van der Waals surface area contributed by atoms with Crippen molar-refractivity contribution in [2.45, 2.75) is 19.6 Å². The van der Waals surface area contributed by atoms with Gasteiger partial charge in [0.05, 0.1) is 12.6 Å². The SMILES string of the molecule is C[C@H](O)Cn1nc([N+](=O)[O-])nc1N. The first kappa shape index (κ1) is 9.39. The molecule has 0 saturated carbocycles. The lowest BCUT2D eigenvalue weighted by molar-refractivity contribution is -0.394. The molecule has 1 rings (SSSR count). The smallest absolute Gasteiger partial charge is 0.391 e. The fraction of sp³-hybridized carbons (Fsp3) is 0.600. The van der Waals surface area contributed by atoms with Crippen molar-refractivity contribution in [3.8, 4) is 0 Å². The number of nitrogens with two attached hydrogens (primary N) is 1. The molecule has 0 radical (unpaired) electrons. The van der Waals surface area contributed by atoms with Crippen LogP contribution in [0.1, 0.15) is 6.92 Å². The van der Waals surface area contributed by atoms with Crippen molar-refractivity contribution < 1.29 is 10.0 Å². The minimum Gasteiger partial charge on any atom is -0.391 e. The van der Waals surface area contributed by atoms with Crippen molar-refractivity contribution in [2.24, 2.45) is 0 Å². The van der Waals surface area contributed by atoms with Crippen LogP contribution in [0.2, 0.25) is 0 Å². The van der Waals surface area contributed by atoms with E-state index in [0.29, 0.717) is 0 Å². The Bertz CT molecular complexity index is 320. The molecule has 3 N–H and O–H groups in total. The molecule has 0 unspecified atom stereocenters. The molecule has 8 heteroatoms. The molecule has 72 valence electrons. The van der Waals surface area contributed by atoms with Gasteiger partial charge in [-0.1, -0.05) is 0 Å². The van der Waals surface area contributed by atoms with Crippen LogP contribution in [-0.2, 0) is 6.54 Å². The topological polar surface area (TPSA) is 120 Å². The van der Waals surface area contributed by atoms with Gasteiger partial charge in [-0.05, 0) is 16.8 Å². The maximum atomic E-state index is 10.2. The molecule has 1 aromatic heterocycles. The Balaban J connectivity index is 2.90. The first-order valence-electron chi connectivity index (χ1n) is 3.53. The van der Waals surface area contributed by atoms with Crippen molar-refractivity contribution in [1.29, 1.82) is 0 Å². The molecular formula is C5H9N5O3. The number of nitrogens with zero attached hydrogens (tertiary/aromatic N) is 4. The van der Waals surface area contributed by atoms with E-state index in [-0.39, 0.29) is 12.5 Å². The van der Waals surface area contributed by atoms with Crippen LogP contribution in [-0.4, -0.2) is 30.9 Å². The van der Waals surface area contributed by atoms with Crippen molar-refractivity contribution in [1.82, 2.24) is 14.8 Å². The molecule has 0 aliphatic carbocycles. The number of aromatic nitrogens is 3. The quantitative estimate of drug-likeness (QED) is 0.469. The Kier molecular flexibility index (Phi) is 2.42. The van der Waals surface area contributed by atoms with E-state index in [0.717, 1.165) is 4.68 Å². The monoisotopic (exact) mass is 187 g/mol. The molecule has 0 aromatic carbocycles. The third-order valence-electron chi connectivity index (χ3n) is 1.29. The highest BCUT2D eigenvalue weighted by Gasteiger charge is 2.19. The summed E-state index contributed by atoms with van der Waals surface area (Å²) in [5, 5.41) is 22.6. The largest absolute Gasteiger partial charge is 0.493 e. The van der Waals surface area contributed by atoms with Gasteiger partial charge in [0.2, 0.25) is 0 Å². The summed E-state index contributed by atoms with van der Waals surface area (Å²) in [5.74, 6) is -0.634. The Labute approximate surface area is 73.1 Å². The minimum absolute atomic E-state index is 0.0763. The predicted octanol–water partition coefficient (Wildman–Crippen LogP) is -0.851. The second-order valence-electron chi connectivity index (χ2n) is 2.56. The summed E-state index contributed by atoms with van der Waals surface area (Å²) in [4.78, 5) is 12.8. The molecule has 0 amide bonds. The summed E-state index contributed by atoms with van der Waals surface area (Å²) in [5.41, 5.74) is 5.30. The molecule has 8 nitrogen and oxygen atoms in total. The molecule has 13 heavy (non-hydrogen) atoms. The normalized spacial score (nSPS) is 12.8. The van der Waals surface area contributed by atoms with Crippen LogP contribution in [0.25, 0.3) is 0 Å². The number of aliphatic hydroxyl groups excluding tert-OH is 1. The first-order valence-corrected chi connectivity index (χ1v) is 3.53. The van der Waals surface area contributed by atoms with E-state index in [1.807, 2.05) is 0 Å². The van der Waals surface area contributed by atoms with E-state index in [4.69, 9.17) is 10.8 Å². The van der Waals surface area contributed by atoms with Crippen molar-refractivity contribution in [2.75, 3.05) is 5.73 Å². The highest BCUT2D eigenvalue weighted by Crippen LogP contribution is 2.07. The summed E-state index contributed by atoms with van der Waals surface area (Å²) in [6, 6.07) is 0. The molecule has 0 aliphatic heterocycles. The number of hydrogen-bond acceptors (Lipinski definition) is 6. The fourth-order valence-electron chi connectivity index (χ4n) is 0.804. The number of hydrogen-bond donors (Lipinski definition) is 2. The molecule has 0 aliphatic rings. The molecule has 1 aromatic rings. The van der Waals surface area contributed by atoms with Gasteiger partial charge in [-0.15, -0.1) is 4.68 Å². The van der Waals surface area contributed by atoms with Gasteiger partial charge >= 0.3 is 11.9 Å². The maximum Gasteiger partial charge on any atom is 0.493 e. The molecule has 1 heterocycles. The van der Waals surface area contributed by atoms with E-state index >= 15 is 0 Å². The zero-order chi connectivity index (χ0) is 10.0. The summed E-state index contributed by atoms with van der Waals surface area (Å²) in [6.45, 7) is 1.61. The van der Waals surface area contributed by atoms with E-state index < -0.39 is 17.0 Å². The second kappa shape index (κ2) is 3.35. The minimum atomic E-state index is -0.741. The van der Waals surface area contributed by atoms with E-state index in [1.54, 1.807) is 0 Å². The zero-order valence-electron chi connectivity index (χ0n) is 6.91. The summed E-state index contributed by atoms with van der Waals surface area (Å²) in [6.07, 6.45) is -0.677. The lowest BCUT2D eigenvalue weighted by Gasteiger charge is -1.99. The van der Waals surface area contributed by atoms with Crippen LogP contribution in [0.15, 0.2) is 0 Å². The Morgan fingerprint density at radius 1 is 1.85 bits per heavy atom. The van der Waals surface area contributed by atoms with Gasteiger partial charge in [-0.25, -0.2) is 0 Å². The van der Waals surface area contributed by atoms with Gasteiger partial charge in [-0.2, -0.15) is 0 Å². The molecule has 0 bridgehead atoms. The van der Waals surface area contributed by atoms with E-state index in [9.17, 15) is 10.1 Å². The van der Waals surface area contributed by atoms with Crippen molar-refractivity contribution in [3.63, 3.8) is 0 Å². The number of nitro groups is 1. The zero-order valence-corrected chi connectivity index (χ0v) is 6.91. The van der Waals surface area contributed by atoms with Crippen LogP contribution < -0.4 is 5.73 Å². The van der Waals surface area contributed by atoms with Gasteiger partial charge in [0.25, 0.3) is 0 Å². The Morgan fingerprint density at radius 2 is 2.46 bits per heavy atom. The van der Waals surface area contributed by atoms with Gasteiger partial charge in [-0.3, -0.25) is 0 Å². The van der Waals surface area contributed by atoms with E-state index in [1.165, 1.54) is 6.92 Å². The fourth-order valence-corrected chi connectivity index (χ4v) is 0.804. The lowest BCUT2D eigenvalue weighted by Crippen LogP contribution is -2.15. The van der Waals surface area contributed by atoms with Gasteiger partial charge < -0.3 is 21.0 Å². The lowest BCUT2D eigenvalue weighted by atomic mass is 10.4. The standard InChI is InChI=1S/C5H9N5O3/c1-3(11)2-9-4(6)7-5(8-9)10(12)13/h3,11H,2H2,1H3,(H2,6,7,8)/t3-/m0/s1. The number of anilines is 1. The summed E-state index contributed by atoms with van der Waals surface area (Å²) < 4.78 is 1.09. The van der Waals surface area contributed by atoms with Crippen LogP contribution >= 0.6 is 0 Å².